The van der Waals surface area contributed by atoms with E-state index in [-0.39, 0.29) is 6.04 Å². The molecule has 0 aliphatic heterocycles. The highest BCUT2D eigenvalue weighted by Crippen LogP contribution is 2.10. The number of hydrogen-bond donors (Lipinski definition) is 1. The van der Waals surface area contributed by atoms with Crippen LogP contribution in [0, 0.1) is 0 Å². The minimum atomic E-state index is -0.563. The summed E-state index contributed by atoms with van der Waals surface area (Å²) in [5.74, 6) is -1.07. The summed E-state index contributed by atoms with van der Waals surface area (Å²) < 4.78 is 0.878. The van der Waals surface area contributed by atoms with Gasteiger partial charge in [0.05, 0.1) is 0 Å². The molecular weight excluding hydrogens is 258 g/mol. The molecule has 80 valence electrons. The van der Waals surface area contributed by atoms with Gasteiger partial charge in [0.25, 0.3) is 5.91 Å². The summed E-state index contributed by atoms with van der Waals surface area (Å²) in [7, 11) is 0. The average Bonchev–Trinajstić information content (AvgIpc) is 2.17. The molecule has 1 N–H and O–H groups in total. The fraction of sp³-hybridized carbons (Fsp3) is 0.273. The zero-order valence-corrected chi connectivity index (χ0v) is 10.2. The van der Waals surface area contributed by atoms with Gasteiger partial charge in [0.1, 0.15) is 0 Å². The highest BCUT2D eigenvalue weighted by molar-refractivity contribution is 9.10. The molecule has 15 heavy (non-hydrogen) atoms. The first-order valence-corrected chi connectivity index (χ1v) is 5.40. The zero-order chi connectivity index (χ0) is 11.4. The van der Waals surface area contributed by atoms with Gasteiger partial charge in [0.2, 0.25) is 5.78 Å². The first-order chi connectivity index (χ1) is 7.00. The van der Waals surface area contributed by atoms with Gasteiger partial charge in [0, 0.05) is 16.1 Å². The molecular formula is C11H12BrNO2. The zero-order valence-electron chi connectivity index (χ0n) is 8.58. The van der Waals surface area contributed by atoms with Gasteiger partial charge in [-0.05, 0) is 38.1 Å². The highest BCUT2D eigenvalue weighted by atomic mass is 79.9. The Morgan fingerprint density at radius 1 is 1.20 bits per heavy atom. The van der Waals surface area contributed by atoms with Crippen LogP contribution in [0.5, 0.6) is 0 Å². The monoisotopic (exact) mass is 269 g/mol. The smallest absolute Gasteiger partial charge is 0.292 e. The van der Waals surface area contributed by atoms with Crippen molar-refractivity contribution < 1.29 is 9.59 Å². The third-order valence-corrected chi connectivity index (χ3v) is 2.26. The van der Waals surface area contributed by atoms with Crippen LogP contribution in [-0.2, 0) is 4.79 Å². The second-order valence-electron chi connectivity index (χ2n) is 3.46. The summed E-state index contributed by atoms with van der Waals surface area (Å²) in [6.07, 6.45) is 0. The normalized spacial score (nSPS) is 10.1. The molecule has 4 heteroatoms. The van der Waals surface area contributed by atoms with Crippen molar-refractivity contribution in [3.05, 3.63) is 34.3 Å². The van der Waals surface area contributed by atoms with Crippen LogP contribution < -0.4 is 5.32 Å². The first kappa shape index (κ1) is 11.9. The standard InChI is InChI=1S/C11H12BrNO2/c1-7(2)13-11(15)10(14)8-3-5-9(12)6-4-8/h3-7H,1-2H3,(H,13,15). The van der Waals surface area contributed by atoms with Gasteiger partial charge < -0.3 is 5.32 Å². The molecule has 0 atom stereocenters. The van der Waals surface area contributed by atoms with Crippen LogP contribution in [-0.4, -0.2) is 17.7 Å². The summed E-state index contributed by atoms with van der Waals surface area (Å²) in [6, 6.07) is 6.67. The summed E-state index contributed by atoms with van der Waals surface area (Å²) in [4.78, 5) is 22.9. The molecule has 1 rings (SSSR count). The number of carbonyl (C=O) groups is 2. The van der Waals surface area contributed by atoms with Gasteiger partial charge in [-0.3, -0.25) is 9.59 Å². The van der Waals surface area contributed by atoms with Gasteiger partial charge in [0.15, 0.2) is 0 Å². The Balaban J connectivity index is 2.76. The molecule has 1 aromatic carbocycles. The first-order valence-electron chi connectivity index (χ1n) is 4.61. The largest absolute Gasteiger partial charge is 0.347 e. The number of carbonyl (C=O) groups excluding carboxylic acids is 2. The van der Waals surface area contributed by atoms with E-state index in [2.05, 4.69) is 21.2 Å². The van der Waals surface area contributed by atoms with Crippen molar-refractivity contribution in [2.24, 2.45) is 0 Å². The topological polar surface area (TPSA) is 46.2 Å². The van der Waals surface area contributed by atoms with Crippen molar-refractivity contribution in [3.8, 4) is 0 Å². The Kier molecular flexibility index (Phi) is 4.03. The number of rotatable bonds is 3. The van der Waals surface area contributed by atoms with Crippen LogP contribution in [0.2, 0.25) is 0 Å². The second kappa shape index (κ2) is 5.07. The maximum absolute atomic E-state index is 11.6. The molecule has 0 radical (unpaired) electrons. The number of benzene rings is 1. The second-order valence-corrected chi connectivity index (χ2v) is 4.38. The Morgan fingerprint density at radius 2 is 1.73 bits per heavy atom. The molecule has 0 spiro atoms. The Labute approximate surface area is 97.0 Å². The van der Waals surface area contributed by atoms with Crippen molar-refractivity contribution in [1.82, 2.24) is 5.32 Å². The summed E-state index contributed by atoms with van der Waals surface area (Å²) in [5.41, 5.74) is 0.399. The average molecular weight is 270 g/mol. The summed E-state index contributed by atoms with van der Waals surface area (Å²) in [5, 5.41) is 2.56. The predicted molar refractivity (Wildman–Crippen MR) is 61.8 cm³/mol. The maximum atomic E-state index is 11.6. The van der Waals surface area contributed by atoms with Crippen molar-refractivity contribution in [2.75, 3.05) is 0 Å². The molecule has 0 unspecified atom stereocenters. The Hall–Kier alpha value is -1.16. The molecule has 0 aliphatic carbocycles. The molecule has 0 bridgehead atoms. The molecule has 0 fully saturated rings. The molecule has 0 aliphatic rings. The van der Waals surface area contributed by atoms with Crippen LogP contribution in [0.4, 0.5) is 0 Å². The Bertz CT molecular complexity index is 371. The van der Waals surface area contributed by atoms with Crippen molar-refractivity contribution in [3.63, 3.8) is 0 Å². The Morgan fingerprint density at radius 3 is 2.20 bits per heavy atom. The van der Waals surface area contributed by atoms with Gasteiger partial charge in [-0.25, -0.2) is 0 Å². The molecule has 0 saturated heterocycles. The molecule has 0 aromatic heterocycles. The van der Waals surface area contributed by atoms with E-state index in [4.69, 9.17) is 0 Å². The number of hydrogen-bond acceptors (Lipinski definition) is 2. The molecule has 1 amide bonds. The molecule has 3 nitrogen and oxygen atoms in total. The van der Waals surface area contributed by atoms with Crippen LogP contribution in [0.1, 0.15) is 24.2 Å². The minimum Gasteiger partial charge on any atom is -0.347 e. The van der Waals surface area contributed by atoms with Crippen LogP contribution in [0.15, 0.2) is 28.7 Å². The number of amides is 1. The van der Waals surface area contributed by atoms with E-state index >= 15 is 0 Å². The third-order valence-electron chi connectivity index (χ3n) is 1.73. The van der Waals surface area contributed by atoms with Crippen molar-refractivity contribution in [1.29, 1.82) is 0 Å². The van der Waals surface area contributed by atoms with E-state index in [1.165, 1.54) is 0 Å². The van der Waals surface area contributed by atoms with Crippen LogP contribution in [0.25, 0.3) is 0 Å². The highest BCUT2D eigenvalue weighted by Gasteiger charge is 2.16. The van der Waals surface area contributed by atoms with Gasteiger partial charge in [-0.15, -0.1) is 0 Å². The van der Waals surface area contributed by atoms with Gasteiger partial charge in [-0.2, -0.15) is 0 Å². The van der Waals surface area contributed by atoms with Gasteiger partial charge >= 0.3 is 0 Å². The lowest BCUT2D eigenvalue weighted by Gasteiger charge is -2.06. The van der Waals surface area contributed by atoms with Crippen LogP contribution >= 0.6 is 15.9 Å². The third kappa shape index (κ3) is 3.47. The lowest BCUT2D eigenvalue weighted by molar-refractivity contribution is -0.117. The summed E-state index contributed by atoms with van der Waals surface area (Å²) in [6.45, 7) is 3.62. The van der Waals surface area contributed by atoms with Crippen molar-refractivity contribution in [2.45, 2.75) is 19.9 Å². The van der Waals surface area contributed by atoms with Crippen LogP contribution in [0.3, 0.4) is 0 Å². The predicted octanol–water partition coefficient (Wildman–Crippen LogP) is 2.16. The SMILES string of the molecule is CC(C)NC(=O)C(=O)c1ccc(Br)cc1. The number of Topliss-reactive ketones (excluding diaryl/α,β-unsaturated/α-hetero) is 1. The molecule has 0 heterocycles. The maximum Gasteiger partial charge on any atom is 0.292 e. The number of ketones is 1. The number of halogens is 1. The fourth-order valence-electron chi connectivity index (χ4n) is 1.06. The van der Waals surface area contributed by atoms with E-state index in [1.807, 2.05) is 13.8 Å². The lowest BCUT2D eigenvalue weighted by atomic mass is 10.1. The van der Waals surface area contributed by atoms with E-state index in [0.717, 1.165) is 4.47 Å². The number of nitrogens with one attached hydrogen (secondary N) is 1. The summed E-state index contributed by atoms with van der Waals surface area (Å²) >= 11 is 3.26. The lowest BCUT2D eigenvalue weighted by Crippen LogP contribution is -2.35. The minimum absolute atomic E-state index is 0.0306. The van der Waals surface area contributed by atoms with E-state index in [9.17, 15) is 9.59 Å². The van der Waals surface area contributed by atoms with E-state index < -0.39 is 11.7 Å². The molecule has 0 saturated carbocycles. The van der Waals surface area contributed by atoms with E-state index in [0.29, 0.717) is 5.56 Å². The van der Waals surface area contributed by atoms with Crippen molar-refractivity contribution >= 4 is 27.6 Å². The van der Waals surface area contributed by atoms with Gasteiger partial charge in [-0.1, -0.05) is 15.9 Å². The quantitative estimate of drug-likeness (QED) is 0.675. The molecule has 1 aromatic rings. The fourth-order valence-corrected chi connectivity index (χ4v) is 1.32. The van der Waals surface area contributed by atoms with E-state index in [1.54, 1.807) is 24.3 Å².